The number of likely N-dealkylation sites (N-methyl/N-ethyl adjacent to an activating group) is 1. The normalized spacial score (nSPS) is 9.63. The number of amides is 2. The highest BCUT2D eigenvalue weighted by molar-refractivity contribution is 5.94. The lowest BCUT2D eigenvalue weighted by Gasteiger charge is -2.10. The van der Waals surface area contributed by atoms with Crippen molar-refractivity contribution < 1.29 is 19.1 Å². The van der Waals surface area contributed by atoms with E-state index >= 15 is 0 Å². The first-order valence-corrected chi connectivity index (χ1v) is 5.65. The second-order valence-corrected chi connectivity index (χ2v) is 4.13. The van der Waals surface area contributed by atoms with E-state index in [1.807, 2.05) is 0 Å². The SMILES string of the molecule is CC(=O)Nc1cccc(C(=O)OCC(=O)N(C)C)c1. The highest BCUT2D eigenvalue weighted by Crippen LogP contribution is 2.11. The van der Waals surface area contributed by atoms with Crippen LogP contribution in [0.25, 0.3) is 0 Å². The summed E-state index contributed by atoms with van der Waals surface area (Å²) in [6.07, 6.45) is 0. The van der Waals surface area contributed by atoms with Crippen LogP contribution in [0.5, 0.6) is 0 Å². The maximum absolute atomic E-state index is 11.7. The summed E-state index contributed by atoms with van der Waals surface area (Å²) in [5.74, 6) is -1.14. The van der Waals surface area contributed by atoms with Gasteiger partial charge in [0.15, 0.2) is 6.61 Å². The van der Waals surface area contributed by atoms with E-state index in [0.717, 1.165) is 0 Å². The Labute approximate surface area is 111 Å². The molecular formula is C13H16N2O4. The number of carbonyl (C=O) groups excluding carboxylic acids is 3. The van der Waals surface area contributed by atoms with Gasteiger partial charge in [0.25, 0.3) is 5.91 Å². The van der Waals surface area contributed by atoms with Crippen molar-refractivity contribution in [3.8, 4) is 0 Å². The Morgan fingerprint density at radius 1 is 1.26 bits per heavy atom. The Morgan fingerprint density at radius 3 is 2.53 bits per heavy atom. The molecule has 0 fully saturated rings. The molecule has 0 unspecified atom stereocenters. The number of anilines is 1. The second kappa shape index (κ2) is 6.53. The van der Waals surface area contributed by atoms with E-state index in [2.05, 4.69) is 5.32 Å². The van der Waals surface area contributed by atoms with E-state index in [-0.39, 0.29) is 24.0 Å². The van der Waals surface area contributed by atoms with Gasteiger partial charge in [-0.05, 0) is 18.2 Å². The Kier molecular flexibility index (Phi) is 5.05. The Bertz CT molecular complexity index is 497. The third-order valence-electron chi connectivity index (χ3n) is 2.24. The molecule has 19 heavy (non-hydrogen) atoms. The molecule has 0 bridgehead atoms. The number of hydrogen-bond acceptors (Lipinski definition) is 4. The van der Waals surface area contributed by atoms with Gasteiger partial charge < -0.3 is 15.0 Å². The summed E-state index contributed by atoms with van der Waals surface area (Å²) in [7, 11) is 3.15. The van der Waals surface area contributed by atoms with Crippen LogP contribution in [0.15, 0.2) is 24.3 Å². The zero-order valence-electron chi connectivity index (χ0n) is 11.1. The first-order valence-electron chi connectivity index (χ1n) is 5.65. The van der Waals surface area contributed by atoms with Gasteiger partial charge in [-0.2, -0.15) is 0 Å². The summed E-state index contributed by atoms with van der Waals surface area (Å²) in [6.45, 7) is 1.07. The van der Waals surface area contributed by atoms with Crippen LogP contribution in [0, 0.1) is 0 Å². The molecule has 0 saturated carbocycles. The number of ether oxygens (including phenoxy) is 1. The average Bonchev–Trinajstić information content (AvgIpc) is 2.34. The summed E-state index contributed by atoms with van der Waals surface area (Å²) in [5.41, 5.74) is 0.777. The Morgan fingerprint density at radius 2 is 1.95 bits per heavy atom. The van der Waals surface area contributed by atoms with Crippen molar-refractivity contribution in [2.75, 3.05) is 26.0 Å². The molecule has 1 rings (SSSR count). The van der Waals surface area contributed by atoms with Gasteiger partial charge in [-0.1, -0.05) is 6.07 Å². The first-order chi connectivity index (χ1) is 8.90. The van der Waals surface area contributed by atoms with Crippen LogP contribution in [0.3, 0.4) is 0 Å². The van der Waals surface area contributed by atoms with E-state index < -0.39 is 5.97 Å². The van der Waals surface area contributed by atoms with Gasteiger partial charge in [0.2, 0.25) is 5.91 Å². The molecule has 0 atom stereocenters. The molecule has 0 radical (unpaired) electrons. The lowest BCUT2D eigenvalue weighted by Crippen LogP contribution is -2.27. The predicted molar refractivity (Wildman–Crippen MR) is 69.7 cm³/mol. The van der Waals surface area contributed by atoms with Crippen LogP contribution in [-0.2, 0) is 14.3 Å². The number of nitrogens with zero attached hydrogens (tertiary/aromatic N) is 1. The molecule has 6 heteroatoms. The number of rotatable bonds is 4. The highest BCUT2D eigenvalue weighted by atomic mass is 16.5. The molecule has 0 aromatic heterocycles. The van der Waals surface area contributed by atoms with E-state index in [0.29, 0.717) is 5.69 Å². The lowest BCUT2D eigenvalue weighted by atomic mass is 10.2. The van der Waals surface area contributed by atoms with Crippen LogP contribution in [0.2, 0.25) is 0 Å². The van der Waals surface area contributed by atoms with Gasteiger partial charge in [-0.25, -0.2) is 4.79 Å². The van der Waals surface area contributed by atoms with Crippen LogP contribution < -0.4 is 5.32 Å². The quantitative estimate of drug-likeness (QED) is 0.819. The lowest BCUT2D eigenvalue weighted by molar-refractivity contribution is -0.131. The average molecular weight is 264 g/mol. The summed E-state index contributed by atoms with van der Waals surface area (Å²) in [6, 6.07) is 6.32. The van der Waals surface area contributed by atoms with Crippen LogP contribution in [0.1, 0.15) is 17.3 Å². The first kappa shape index (κ1) is 14.7. The molecule has 1 N–H and O–H groups in total. The summed E-state index contributed by atoms with van der Waals surface area (Å²) in [5, 5.41) is 2.56. The largest absolute Gasteiger partial charge is 0.452 e. The summed E-state index contributed by atoms with van der Waals surface area (Å²) >= 11 is 0. The number of hydrogen-bond donors (Lipinski definition) is 1. The Balaban J connectivity index is 2.66. The van der Waals surface area contributed by atoms with Crippen molar-refractivity contribution in [1.29, 1.82) is 0 Å². The minimum Gasteiger partial charge on any atom is -0.452 e. The van der Waals surface area contributed by atoms with E-state index in [1.54, 1.807) is 32.3 Å². The zero-order chi connectivity index (χ0) is 14.4. The smallest absolute Gasteiger partial charge is 0.338 e. The topological polar surface area (TPSA) is 75.7 Å². The van der Waals surface area contributed by atoms with Gasteiger partial charge in [0.1, 0.15) is 0 Å². The third-order valence-corrected chi connectivity index (χ3v) is 2.24. The standard InChI is InChI=1S/C13H16N2O4/c1-9(16)14-11-6-4-5-10(7-11)13(18)19-8-12(17)15(2)3/h4-7H,8H2,1-3H3,(H,14,16). The molecule has 6 nitrogen and oxygen atoms in total. The van der Waals surface area contributed by atoms with Gasteiger partial charge in [-0.3, -0.25) is 9.59 Å². The van der Waals surface area contributed by atoms with Crippen LogP contribution in [-0.4, -0.2) is 43.4 Å². The van der Waals surface area contributed by atoms with Crippen molar-refractivity contribution in [2.45, 2.75) is 6.92 Å². The van der Waals surface area contributed by atoms with Crippen molar-refractivity contribution in [1.82, 2.24) is 4.90 Å². The Hall–Kier alpha value is -2.37. The monoisotopic (exact) mass is 264 g/mol. The summed E-state index contributed by atoms with van der Waals surface area (Å²) < 4.78 is 4.87. The molecular weight excluding hydrogens is 248 g/mol. The molecule has 0 spiro atoms. The van der Waals surface area contributed by atoms with Crippen molar-refractivity contribution in [2.24, 2.45) is 0 Å². The molecule has 0 aliphatic rings. The van der Waals surface area contributed by atoms with Gasteiger partial charge in [0, 0.05) is 26.7 Å². The maximum Gasteiger partial charge on any atom is 0.338 e. The molecule has 0 aliphatic carbocycles. The highest BCUT2D eigenvalue weighted by Gasteiger charge is 2.11. The van der Waals surface area contributed by atoms with Crippen molar-refractivity contribution in [3.05, 3.63) is 29.8 Å². The molecule has 0 aliphatic heterocycles. The zero-order valence-corrected chi connectivity index (χ0v) is 11.1. The number of nitrogens with one attached hydrogen (secondary N) is 1. The molecule has 102 valence electrons. The molecule has 0 saturated heterocycles. The molecule has 0 heterocycles. The number of carbonyl (C=O) groups is 3. The van der Waals surface area contributed by atoms with Crippen LogP contribution >= 0.6 is 0 Å². The fraction of sp³-hybridized carbons (Fsp3) is 0.308. The summed E-state index contributed by atoms with van der Waals surface area (Å²) in [4.78, 5) is 35.2. The minimum atomic E-state index is -0.609. The van der Waals surface area contributed by atoms with Gasteiger partial charge >= 0.3 is 5.97 Å². The van der Waals surface area contributed by atoms with Crippen LogP contribution in [0.4, 0.5) is 5.69 Å². The van der Waals surface area contributed by atoms with E-state index in [9.17, 15) is 14.4 Å². The molecule has 1 aromatic carbocycles. The minimum absolute atomic E-state index is 0.228. The second-order valence-electron chi connectivity index (χ2n) is 4.13. The fourth-order valence-electron chi connectivity index (χ4n) is 1.27. The molecule has 1 aromatic rings. The van der Waals surface area contributed by atoms with Crippen molar-refractivity contribution in [3.63, 3.8) is 0 Å². The fourth-order valence-corrected chi connectivity index (χ4v) is 1.27. The van der Waals surface area contributed by atoms with E-state index in [1.165, 1.54) is 17.9 Å². The number of benzene rings is 1. The number of esters is 1. The van der Waals surface area contributed by atoms with Crippen molar-refractivity contribution >= 4 is 23.5 Å². The van der Waals surface area contributed by atoms with Gasteiger partial charge in [-0.15, -0.1) is 0 Å². The predicted octanol–water partition coefficient (Wildman–Crippen LogP) is 0.890. The third kappa shape index (κ3) is 4.79. The van der Waals surface area contributed by atoms with Gasteiger partial charge in [0.05, 0.1) is 5.56 Å². The van der Waals surface area contributed by atoms with E-state index in [4.69, 9.17) is 4.74 Å². The molecule has 2 amide bonds. The maximum atomic E-state index is 11.7.